The topological polar surface area (TPSA) is 52.6 Å². The Morgan fingerprint density at radius 2 is 1.65 bits per heavy atom. The molecule has 0 saturated heterocycles. The van der Waals surface area contributed by atoms with Crippen LogP contribution in [0, 0.1) is 5.92 Å². The molecule has 0 aromatic heterocycles. The maximum atomic E-state index is 12.8. The molecule has 2 aliphatic rings. The van der Waals surface area contributed by atoms with Gasteiger partial charge in [0.15, 0.2) is 9.84 Å². The highest BCUT2D eigenvalue weighted by molar-refractivity contribution is 7.92. The van der Waals surface area contributed by atoms with Crippen LogP contribution in [0.25, 0.3) is 0 Å². The average Bonchev–Trinajstić information content (AvgIpc) is 3.32. The minimum atomic E-state index is -3.41. The molecule has 2 atom stereocenters. The van der Waals surface area contributed by atoms with E-state index in [-0.39, 0.29) is 4.90 Å². The van der Waals surface area contributed by atoms with Gasteiger partial charge in [0.25, 0.3) is 0 Å². The van der Waals surface area contributed by atoms with Crippen LogP contribution in [0.3, 0.4) is 0 Å². The zero-order valence-electron chi connectivity index (χ0n) is 19.0. The molecule has 2 aromatic carbocycles. The third-order valence-corrected chi connectivity index (χ3v) is 8.46. The lowest BCUT2D eigenvalue weighted by atomic mass is 10.0. The molecule has 1 heterocycles. The van der Waals surface area contributed by atoms with Gasteiger partial charge in [-0.25, -0.2) is 8.42 Å². The Balaban J connectivity index is 0.00000132. The number of sulfone groups is 1. The standard InChI is InChI=1S/C24H30O4S.C2H6/c1-18-24(28-22-11-4-5-12-23(22)29(18,25)26)20-13-15-21(16-14-20)27-17-7-6-10-19-8-2-3-9-19;1-2/h4-5,11-16,18-19,24H,2-3,6-10,17H2,1H3;1-2H3/t18-,24-;/m0./s1. The molecule has 1 aliphatic carbocycles. The number of ether oxygens (including phenoxy) is 2. The first-order valence-corrected chi connectivity index (χ1v) is 13.3. The third kappa shape index (κ3) is 5.62. The molecule has 0 N–H and O–H groups in total. The second kappa shape index (κ2) is 11.0. The fourth-order valence-electron chi connectivity index (χ4n) is 4.50. The molecule has 170 valence electrons. The molecule has 31 heavy (non-hydrogen) atoms. The van der Waals surface area contributed by atoms with Gasteiger partial charge in [-0.15, -0.1) is 0 Å². The summed E-state index contributed by atoms with van der Waals surface area (Å²) < 4.78 is 37.6. The summed E-state index contributed by atoms with van der Waals surface area (Å²) in [6.45, 7) is 6.44. The van der Waals surface area contributed by atoms with Gasteiger partial charge in [-0.1, -0.05) is 70.2 Å². The van der Waals surface area contributed by atoms with Gasteiger partial charge in [-0.2, -0.15) is 0 Å². The fraction of sp³-hybridized carbons (Fsp3) is 0.538. The molecule has 5 heteroatoms. The van der Waals surface area contributed by atoms with Gasteiger partial charge in [0.1, 0.15) is 27.7 Å². The summed E-state index contributed by atoms with van der Waals surface area (Å²) in [5.41, 5.74) is 0.851. The molecule has 2 aromatic rings. The van der Waals surface area contributed by atoms with E-state index >= 15 is 0 Å². The first-order chi connectivity index (χ1) is 15.1. The maximum absolute atomic E-state index is 12.8. The van der Waals surface area contributed by atoms with E-state index in [2.05, 4.69) is 0 Å². The van der Waals surface area contributed by atoms with Gasteiger partial charge in [0.2, 0.25) is 0 Å². The molecule has 0 spiro atoms. The van der Waals surface area contributed by atoms with Gasteiger partial charge < -0.3 is 9.47 Å². The number of fused-ring (bicyclic) bond motifs is 1. The Morgan fingerprint density at radius 3 is 2.35 bits per heavy atom. The summed E-state index contributed by atoms with van der Waals surface area (Å²) in [6, 6.07) is 14.5. The average molecular weight is 445 g/mol. The van der Waals surface area contributed by atoms with Crippen molar-refractivity contribution in [3.8, 4) is 11.5 Å². The Labute approximate surface area is 187 Å². The Hall–Kier alpha value is -2.01. The maximum Gasteiger partial charge on any atom is 0.188 e. The van der Waals surface area contributed by atoms with Crippen LogP contribution in [0.4, 0.5) is 0 Å². The zero-order valence-corrected chi connectivity index (χ0v) is 19.9. The van der Waals surface area contributed by atoms with Crippen molar-refractivity contribution in [2.75, 3.05) is 6.61 Å². The minimum absolute atomic E-state index is 0.279. The van der Waals surface area contributed by atoms with E-state index in [1.165, 1.54) is 38.5 Å². The van der Waals surface area contributed by atoms with E-state index in [4.69, 9.17) is 9.47 Å². The van der Waals surface area contributed by atoms with Gasteiger partial charge in [0.05, 0.1) is 6.61 Å². The van der Waals surface area contributed by atoms with Crippen LogP contribution in [0.5, 0.6) is 11.5 Å². The summed E-state index contributed by atoms with van der Waals surface area (Å²) in [4.78, 5) is 0.279. The van der Waals surface area contributed by atoms with E-state index in [1.807, 2.05) is 38.1 Å². The zero-order chi connectivity index (χ0) is 22.3. The van der Waals surface area contributed by atoms with E-state index in [9.17, 15) is 8.42 Å². The van der Waals surface area contributed by atoms with Crippen molar-refractivity contribution in [3.63, 3.8) is 0 Å². The SMILES string of the molecule is CC.C[C@H]1[C@@H](c2ccc(OCCCCC3CCCC3)cc2)Oc2ccccc2S1(=O)=O. The first-order valence-electron chi connectivity index (χ1n) is 11.8. The van der Waals surface area contributed by atoms with Crippen LogP contribution in [-0.4, -0.2) is 20.3 Å². The van der Waals surface area contributed by atoms with Crippen LogP contribution in [-0.2, 0) is 9.84 Å². The molecular weight excluding hydrogens is 408 g/mol. The number of para-hydroxylation sites is 1. The Kier molecular flexibility index (Phi) is 8.42. The molecule has 1 fully saturated rings. The number of hydrogen-bond donors (Lipinski definition) is 0. The van der Waals surface area contributed by atoms with Crippen molar-refractivity contribution >= 4 is 9.84 Å². The molecule has 0 bridgehead atoms. The molecule has 4 nitrogen and oxygen atoms in total. The summed E-state index contributed by atoms with van der Waals surface area (Å²) in [7, 11) is -3.41. The summed E-state index contributed by atoms with van der Waals surface area (Å²) in [6.07, 6.45) is 8.75. The molecular formula is C26H36O4S. The lowest BCUT2D eigenvalue weighted by molar-refractivity contribution is 0.188. The molecule has 0 amide bonds. The number of unbranched alkanes of at least 4 members (excludes halogenated alkanes) is 1. The van der Waals surface area contributed by atoms with Crippen molar-refractivity contribution in [2.24, 2.45) is 5.92 Å². The van der Waals surface area contributed by atoms with E-state index in [0.717, 1.165) is 30.3 Å². The van der Waals surface area contributed by atoms with Crippen LogP contribution >= 0.6 is 0 Å². The highest BCUT2D eigenvalue weighted by atomic mass is 32.2. The second-order valence-electron chi connectivity index (χ2n) is 8.30. The largest absolute Gasteiger partial charge is 0.494 e. The molecule has 0 unspecified atom stereocenters. The van der Waals surface area contributed by atoms with E-state index in [1.54, 1.807) is 31.2 Å². The third-order valence-electron chi connectivity index (χ3n) is 6.28. The predicted octanol–water partition coefficient (Wildman–Crippen LogP) is 6.75. The second-order valence-corrected chi connectivity index (χ2v) is 10.6. The van der Waals surface area contributed by atoms with Crippen LogP contribution in [0.15, 0.2) is 53.4 Å². The fourth-order valence-corrected chi connectivity index (χ4v) is 6.10. The van der Waals surface area contributed by atoms with E-state index < -0.39 is 21.2 Å². The van der Waals surface area contributed by atoms with Gasteiger partial charge in [0, 0.05) is 0 Å². The van der Waals surface area contributed by atoms with Gasteiger partial charge in [-0.05, 0) is 55.5 Å². The molecule has 1 saturated carbocycles. The monoisotopic (exact) mass is 444 g/mol. The number of hydrogen-bond acceptors (Lipinski definition) is 4. The van der Waals surface area contributed by atoms with Crippen LogP contribution < -0.4 is 9.47 Å². The van der Waals surface area contributed by atoms with Crippen LogP contribution in [0.2, 0.25) is 0 Å². The number of rotatable bonds is 7. The summed E-state index contributed by atoms with van der Waals surface area (Å²) in [5.74, 6) is 2.19. The normalized spacial score (nSPS) is 22.0. The van der Waals surface area contributed by atoms with Gasteiger partial charge in [-0.3, -0.25) is 0 Å². The Bertz CT molecular complexity index is 915. The summed E-state index contributed by atoms with van der Waals surface area (Å²) in [5, 5.41) is -0.639. The lowest BCUT2D eigenvalue weighted by Crippen LogP contribution is -2.33. The van der Waals surface area contributed by atoms with Crippen LogP contribution in [0.1, 0.15) is 77.4 Å². The predicted molar refractivity (Wildman–Crippen MR) is 126 cm³/mol. The molecule has 4 rings (SSSR count). The molecule has 0 radical (unpaired) electrons. The minimum Gasteiger partial charge on any atom is -0.494 e. The van der Waals surface area contributed by atoms with E-state index in [0.29, 0.717) is 5.75 Å². The Morgan fingerprint density at radius 1 is 0.968 bits per heavy atom. The molecule has 1 aliphatic heterocycles. The van der Waals surface area contributed by atoms with Crippen molar-refractivity contribution in [3.05, 3.63) is 54.1 Å². The highest BCUT2D eigenvalue weighted by Gasteiger charge is 2.40. The van der Waals surface area contributed by atoms with Crippen molar-refractivity contribution in [2.45, 2.75) is 82.0 Å². The van der Waals surface area contributed by atoms with Crippen molar-refractivity contribution in [1.82, 2.24) is 0 Å². The quantitative estimate of drug-likeness (QED) is 0.443. The summed E-state index contributed by atoms with van der Waals surface area (Å²) >= 11 is 0. The van der Waals surface area contributed by atoms with Crippen molar-refractivity contribution < 1.29 is 17.9 Å². The smallest absolute Gasteiger partial charge is 0.188 e. The lowest BCUT2D eigenvalue weighted by Gasteiger charge is -2.31. The first kappa shape index (κ1) is 23.6. The number of benzene rings is 2. The van der Waals surface area contributed by atoms with Crippen molar-refractivity contribution in [1.29, 1.82) is 0 Å². The highest BCUT2D eigenvalue weighted by Crippen LogP contribution is 2.41. The van der Waals surface area contributed by atoms with Gasteiger partial charge >= 0.3 is 0 Å².